The van der Waals surface area contributed by atoms with Gasteiger partial charge in [0.25, 0.3) is 0 Å². The second-order valence-electron chi connectivity index (χ2n) is 3.63. The van der Waals surface area contributed by atoms with Crippen LogP contribution in [0.1, 0.15) is 5.56 Å². The van der Waals surface area contributed by atoms with Crippen molar-refractivity contribution in [2.45, 2.75) is 4.90 Å². The highest BCUT2D eigenvalue weighted by atomic mass is 35.5. The van der Waals surface area contributed by atoms with Gasteiger partial charge in [-0.05, 0) is 47.4 Å². The first-order valence-corrected chi connectivity index (χ1v) is 6.77. The summed E-state index contributed by atoms with van der Waals surface area (Å²) in [6.07, 6.45) is 0. The predicted molar refractivity (Wildman–Crippen MR) is 79.1 cm³/mol. The molecule has 92 valence electrons. The molecule has 1 nitrogen and oxygen atoms in total. The number of hydrogen-bond donors (Lipinski definition) is 0. The van der Waals surface area contributed by atoms with Crippen LogP contribution in [0, 0.1) is 0 Å². The SMILES string of the molecule is COc1ccc(/C(Cl)=C/Sc2ccccc2)cc1. The fourth-order valence-electron chi connectivity index (χ4n) is 1.44. The Bertz CT molecular complexity index is 520. The van der Waals surface area contributed by atoms with Crippen molar-refractivity contribution in [1.82, 2.24) is 0 Å². The number of thioether (sulfide) groups is 1. The normalized spacial score (nSPS) is 11.3. The minimum atomic E-state index is 0.728. The van der Waals surface area contributed by atoms with Crippen molar-refractivity contribution in [2.75, 3.05) is 7.11 Å². The van der Waals surface area contributed by atoms with E-state index in [1.165, 1.54) is 4.90 Å². The van der Waals surface area contributed by atoms with E-state index in [4.69, 9.17) is 16.3 Å². The zero-order valence-electron chi connectivity index (χ0n) is 9.97. The molecule has 0 saturated carbocycles. The van der Waals surface area contributed by atoms with Crippen molar-refractivity contribution >= 4 is 28.4 Å². The van der Waals surface area contributed by atoms with E-state index in [1.54, 1.807) is 18.9 Å². The van der Waals surface area contributed by atoms with Gasteiger partial charge in [-0.3, -0.25) is 0 Å². The van der Waals surface area contributed by atoms with Gasteiger partial charge < -0.3 is 4.74 Å². The van der Waals surface area contributed by atoms with E-state index in [0.29, 0.717) is 0 Å². The monoisotopic (exact) mass is 276 g/mol. The molecule has 0 aliphatic carbocycles. The van der Waals surface area contributed by atoms with Crippen LogP contribution >= 0.6 is 23.4 Å². The van der Waals surface area contributed by atoms with Gasteiger partial charge in [-0.15, -0.1) is 0 Å². The molecule has 0 amide bonds. The Hall–Kier alpha value is -1.38. The van der Waals surface area contributed by atoms with E-state index >= 15 is 0 Å². The molecule has 0 radical (unpaired) electrons. The van der Waals surface area contributed by atoms with Crippen LogP contribution in [0.3, 0.4) is 0 Å². The highest BCUT2D eigenvalue weighted by Gasteiger charge is 1.99. The molecule has 0 fully saturated rings. The first-order valence-electron chi connectivity index (χ1n) is 5.51. The number of methoxy groups -OCH3 is 1. The van der Waals surface area contributed by atoms with Crippen molar-refractivity contribution in [3.05, 3.63) is 65.6 Å². The minimum Gasteiger partial charge on any atom is -0.497 e. The molecular formula is C15H13ClOS. The average molecular weight is 277 g/mol. The van der Waals surface area contributed by atoms with Crippen LogP contribution < -0.4 is 4.74 Å². The van der Waals surface area contributed by atoms with Crippen LogP contribution in [0.25, 0.3) is 5.03 Å². The summed E-state index contributed by atoms with van der Waals surface area (Å²) >= 11 is 7.86. The third kappa shape index (κ3) is 3.56. The molecule has 3 heteroatoms. The molecule has 0 atom stereocenters. The van der Waals surface area contributed by atoms with E-state index in [1.807, 2.05) is 47.9 Å². The highest BCUT2D eigenvalue weighted by Crippen LogP contribution is 2.28. The van der Waals surface area contributed by atoms with Crippen LogP contribution in [0.15, 0.2) is 64.9 Å². The van der Waals surface area contributed by atoms with Crippen LogP contribution in [0.5, 0.6) is 5.75 Å². The van der Waals surface area contributed by atoms with Crippen molar-refractivity contribution in [1.29, 1.82) is 0 Å². The molecule has 0 saturated heterocycles. The summed E-state index contributed by atoms with van der Waals surface area (Å²) < 4.78 is 5.11. The third-order valence-corrected chi connectivity index (χ3v) is 3.76. The number of hydrogen-bond acceptors (Lipinski definition) is 2. The number of rotatable bonds is 4. The summed E-state index contributed by atoms with van der Waals surface area (Å²) in [5.41, 5.74) is 0.987. The lowest BCUT2D eigenvalue weighted by Gasteiger charge is -2.02. The van der Waals surface area contributed by atoms with E-state index in [9.17, 15) is 0 Å². The molecule has 2 aromatic rings. The Morgan fingerprint density at radius 3 is 2.33 bits per heavy atom. The zero-order chi connectivity index (χ0) is 12.8. The minimum absolute atomic E-state index is 0.728. The Labute approximate surface area is 116 Å². The van der Waals surface area contributed by atoms with Crippen molar-refractivity contribution < 1.29 is 4.74 Å². The highest BCUT2D eigenvalue weighted by molar-refractivity contribution is 8.02. The summed E-state index contributed by atoms with van der Waals surface area (Å²) in [5.74, 6) is 0.832. The van der Waals surface area contributed by atoms with E-state index in [2.05, 4.69) is 12.1 Å². The van der Waals surface area contributed by atoms with E-state index in [0.717, 1.165) is 16.3 Å². The number of ether oxygens (including phenoxy) is 1. The number of benzene rings is 2. The van der Waals surface area contributed by atoms with Gasteiger partial charge in [0.2, 0.25) is 0 Å². The Kier molecular flexibility index (Phi) is 4.73. The van der Waals surface area contributed by atoms with Crippen LogP contribution in [-0.2, 0) is 0 Å². The zero-order valence-corrected chi connectivity index (χ0v) is 11.5. The van der Waals surface area contributed by atoms with Gasteiger partial charge in [0.1, 0.15) is 5.75 Å². The van der Waals surface area contributed by atoms with Gasteiger partial charge in [0.05, 0.1) is 12.1 Å². The largest absolute Gasteiger partial charge is 0.497 e. The van der Waals surface area contributed by atoms with E-state index < -0.39 is 0 Å². The molecule has 18 heavy (non-hydrogen) atoms. The summed E-state index contributed by atoms with van der Waals surface area (Å²) in [5, 5.41) is 2.67. The summed E-state index contributed by atoms with van der Waals surface area (Å²) in [7, 11) is 1.65. The van der Waals surface area contributed by atoms with Crippen molar-refractivity contribution in [3.63, 3.8) is 0 Å². The van der Waals surface area contributed by atoms with E-state index in [-0.39, 0.29) is 0 Å². The third-order valence-electron chi connectivity index (χ3n) is 2.41. The summed E-state index contributed by atoms with van der Waals surface area (Å²) in [6.45, 7) is 0. The smallest absolute Gasteiger partial charge is 0.118 e. The summed E-state index contributed by atoms with van der Waals surface area (Å²) in [6, 6.07) is 17.8. The van der Waals surface area contributed by atoms with Crippen LogP contribution in [0.4, 0.5) is 0 Å². The molecule has 0 heterocycles. The molecule has 0 aromatic heterocycles. The molecule has 0 spiro atoms. The first kappa shape index (κ1) is 13.1. The van der Waals surface area contributed by atoms with Crippen molar-refractivity contribution in [3.8, 4) is 5.75 Å². The molecule has 0 N–H and O–H groups in total. The van der Waals surface area contributed by atoms with Crippen LogP contribution in [-0.4, -0.2) is 7.11 Å². The molecule has 0 aliphatic heterocycles. The maximum atomic E-state index is 6.25. The quantitative estimate of drug-likeness (QED) is 0.725. The van der Waals surface area contributed by atoms with Gasteiger partial charge in [-0.1, -0.05) is 41.6 Å². The Balaban J connectivity index is 2.08. The van der Waals surface area contributed by atoms with Gasteiger partial charge in [-0.25, -0.2) is 0 Å². The summed E-state index contributed by atoms with van der Waals surface area (Å²) in [4.78, 5) is 1.17. The molecule has 2 rings (SSSR count). The maximum absolute atomic E-state index is 6.25. The van der Waals surface area contributed by atoms with Gasteiger partial charge in [0.15, 0.2) is 0 Å². The van der Waals surface area contributed by atoms with Gasteiger partial charge >= 0.3 is 0 Å². The lowest BCUT2D eigenvalue weighted by atomic mass is 10.2. The lowest BCUT2D eigenvalue weighted by Crippen LogP contribution is -1.82. The van der Waals surface area contributed by atoms with Gasteiger partial charge in [-0.2, -0.15) is 0 Å². The fourth-order valence-corrected chi connectivity index (χ4v) is 2.39. The molecule has 0 bridgehead atoms. The van der Waals surface area contributed by atoms with Crippen molar-refractivity contribution in [2.24, 2.45) is 0 Å². The second-order valence-corrected chi connectivity index (χ2v) is 4.98. The second kappa shape index (κ2) is 6.53. The topological polar surface area (TPSA) is 9.23 Å². The molecule has 2 aromatic carbocycles. The number of halogens is 1. The predicted octanol–water partition coefficient (Wildman–Crippen LogP) is 5.02. The molecule has 0 unspecified atom stereocenters. The van der Waals surface area contributed by atoms with Gasteiger partial charge in [0, 0.05) is 4.90 Å². The standard InChI is InChI=1S/C15H13ClOS/c1-17-13-9-7-12(8-10-13)15(16)11-18-14-5-3-2-4-6-14/h2-11H,1H3/b15-11-. The Morgan fingerprint density at radius 1 is 1.06 bits per heavy atom. The van der Waals surface area contributed by atoms with Crippen LogP contribution in [0.2, 0.25) is 0 Å². The maximum Gasteiger partial charge on any atom is 0.118 e. The first-order chi connectivity index (χ1) is 8.79. The molecule has 0 aliphatic rings. The fraction of sp³-hybridized carbons (Fsp3) is 0.0667. The lowest BCUT2D eigenvalue weighted by molar-refractivity contribution is 0.415. The Morgan fingerprint density at radius 2 is 1.72 bits per heavy atom. The average Bonchev–Trinajstić information content (AvgIpc) is 2.46. The molecular weight excluding hydrogens is 264 g/mol.